The Hall–Kier alpha value is -2.74. The minimum atomic E-state index is -0.795. The molecule has 1 aliphatic heterocycles. The Balaban J connectivity index is 1.98. The molecule has 8 nitrogen and oxygen atoms in total. The predicted molar refractivity (Wildman–Crippen MR) is 110 cm³/mol. The van der Waals surface area contributed by atoms with Crippen molar-refractivity contribution in [3.05, 3.63) is 29.8 Å². The third kappa shape index (κ3) is 6.12. The third-order valence-electron chi connectivity index (χ3n) is 4.81. The number of hydrogen-bond acceptors (Lipinski definition) is 7. The van der Waals surface area contributed by atoms with Crippen molar-refractivity contribution in [2.45, 2.75) is 39.7 Å². The van der Waals surface area contributed by atoms with Crippen LogP contribution in [0, 0.1) is 0 Å². The highest BCUT2D eigenvalue weighted by Crippen LogP contribution is 2.20. The van der Waals surface area contributed by atoms with Gasteiger partial charge in [0.2, 0.25) is 5.90 Å². The standard InChI is InChI=1S/C21H29N3O5/c1-5-24(6-2)13-12-17(25)14-18-20(26)29-19(22-18)15-8-10-16(11-9-15)23(4)21(27)28-7-3/h8-11,18H,5-7,12-14H2,1-4H3. The first-order chi connectivity index (χ1) is 13.9. The van der Waals surface area contributed by atoms with E-state index in [0.29, 0.717) is 30.8 Å². The molecule has 0 bridgehead atoms. The number of hydrogen-bond donors (Lipinski definition) is 0. The molecule has 0 aliphatic carbocycles. The van der Waals surface area contributed by atoms with Crippen molar-refractivity contribution in [1.82, 2.24) is 4.90 Å². The van der Waals surface area contributed by atoms with Crippen LogP contribution in [0.1, 0.15) is 39.2 Å². The second-order valence-electron chi connectivity index (χ2n) is 6.70. The van der Waals surface area contributed by atoms with Crippen LogP contribution in [0.5, 0.6) is 0 Å². The van der Waals surface area contributed by atoms with Gasteiger partial charge in [-0.05, 0) is 44.3 Å². The molecule has 0 saturated heterocycles. The lowest BCUT2D eigenvalue weighted by molar-refractivity contribution is -0.136. The summed E-state index contributed by atoms with van der Waals surface area (Å²) in [5.41, 5.74) is 1.25. The van der Waals surface area contributed by atoms with Crippen LogP contribution in [0.2, 0.25) is 0 Å². The molecule has 0 spiro atoms. The van der Waals surface area contributed by atoms with E-state index in [-0.39, 0.29) is 18.1 Å². The van der Waals surface area contributed by atoms with Crippen LogP contribution in [-0.2, 0) is 19.1 Å². The Kier molecular flexibility index (Phi) is 8.33. The molecule has 1 aromatic rings. The van der Waals surface area contributed by atoms with Gasteiger partial charge in [0.15, 0.2) is 6.04 Å². The van der Waals surface area contributed by atoms with E-state index in [1.165, 1.54) is 4.90 Å². The van der Waals surface area contributed by atoms with Crippen molar-refractivity contribution in [2.75, 3.05) is 38.2 Å². The number of esters is 1. The van der Waals surface area contributed by atoms with Gasteiger partial charge in [-0.2, -0.15) is 0 Å². The van der Waals surface area contributed by atoms with Gasteiger partial charge in [0.05, 0.1) is 6.61 Å². The Morgan fingerprint density at radius 2 is 1.79 bits per heavy atom. The number of ketones is 1. The molecule has 8 heteroatoms. The summed E-state index contributed by atoms with van der Waals surface area (Å²) in [7, 11) is 1.61. The first-order valence-electron chi connectivity index (χ1n) is 9.94. The second kappa shape index (κ2) is 10.7. The number of Topliss-reactive ketones (excluding diaryl/α,β-unsaturated/α-hetero) is 1. The number of nitrogens with zero attached hydrogens (tertiary/aromatic N) is 3. The molecule has 0 radical (unpaired) electrons. The highest BCUT2D eigenvalue weighted by molar-refractivity contribution is 6.07. The molecule has 158 valence electrons. The number of aliphatic imine (C=N–C) groups is 1. The molecule has 1 aliphatic rings. The number of carbonyl (C=O) groups is 3. The van der Waals surface area contributed by atoms with Crippen molar-refractivity contribution in [3.8, 4) is 0 Å². The summed E-state index contributed by atoms with van der Waals surface area (Å²) in [5, 5.41) is 0. The van der Waals surface area contributed by atoms with E-state index in [9.17, 15) is 14.4 Å². The van der Waals surface area contributed by atoms with Crippen LogP contribution in [0.25, 0.3) is 0 Å². The highest BCUT2D eigenvalue weighted by atomic mass is 16.6. The lowest BCUT2D eigenvalue weighted by atomic mass is 10.1. The zero-order chi connectivity index (χ0) is 21.4. The van der Waals surface area contributed by atoms with E-state index < -0.39 is 18.1 Å². The molecule has 1 atom stereocenters. The average molecular weight is 403 g/mol. The molecule has 0 N–H and O–H groups in total. The summed E-state index contributed by atoms with van der Waals surface area (Å²) in [4.78, 5) is 43.9. The lowest BCUT2D eigenvalue weighted by Gasteiger charge is -2.17. The number of carbonyl (C=O) groups excluding carboxylic acids is 3. The Morgan fingerprint density at radius 1 is 1.14 bits per heavy atom. The van der Waals surface area contributed by atoms with Gasteiger partial charge >= 0.3 is 12.1 Å². The van der Waals surface area contributed by atoms with Gasteiger partial charge in [-0.15, -0.1) is 0 Å². The smallest absolute Gasteiger partial charge is 0.413 e. The van der Waals surface area contributed by atoms with Gasteiger partial charge in [-0.1, -0.05) is 13.8 Å². The normalized spacial score (nSPS) is 15.8. The quantitative estimate of drug-likeness (QED) is 0.558. The van der Waals surface area contributed by atoms with E-state index in [1.807, 2.05) is 0 Å². The first kappa shape index (κ1) is 22.5. The zero-order valence-electron chi connectivity index (χ0n) is 17.5. The van der Waals surface area contributed by atoms with Gasteiger partial charge in [0.25, 0.3) is 0 Å². The Morgan fingerprint density at radius 3 is 2.38 bits per heavy atom. The van der Waals surface area contributed by atoms with Crippen molar-refractivity contribution in [2.24, 2.45) is 4.99 Å². The number of cyclic esters (lactones) is 1. The molecule has 1 unspecified atom stereocenters. The second-order valence-corrected chi connectivity index (χ2v) is 6.70. The van der Waals surface area contributed by atoms with Crippen LogP contribution in [0.3, 0.4) is 0 Å². The molecule has 29 heavy (non-hydrogen) atoms. The van der Waals surface area contributed by atoms with E-state index in [4.69, 9.17) is 9.47 Å². The van der Waals surface area contributed by atoms with Gasteiger partial charge in [0, 0.05) is 37.7 Å². The molecule has 0 saturated carbocycles. The summed E-state index contributed by atoms with van der Waals surface area (Å²) in [5.74, 6) is -0.318. The predicted octanol–water partition coefficient (Wildman–Crippen LogP) is 2.64. The SMILES string of the molecule is CCOC(=O)N(C)c1ccc(C2=NC(CC(=O)CCN(CC)CC)C(=O)O2)cc1. The maximum atomic E-state index is 12.2. The van der Waals surface area contributed by atoms with Gasteiger partial charge < -0.3 is 14.4 Å². The Bertz CT molecular complexity index is 756. The average Bonchev–Trinajstić information content (AvgIpc) is 3.08. The van der Waals surface area contributed by atoms with E-state index >= 15 is 0 Å². The summed E-state index contributed by atoms with van der Waals surface area (Å²) in [6, 6.07) is 6.05. The first-order valence-corrected chi connectivity index (χ1v) is 9.94. The molecule has 2 rings (SSSR count). The third-order valence-corrected chi connectivity index (χ3v) is 4.81. The van der Waals surface area contributed by atoms with Crippen LogP contribution in [-0.4, -0.2) is 68.0 Å². The zero-order valence-corrected chi connectivity index (χ0v) is 17.5. The lowest BCUT2D eigenvalue weighted by Crippen LogP contribution is -2.27. The number of rotatable bonds is 10. The maximum Gasteiger partial charge on any atom is 0.413 e. The molecular weight excluding hydrogens is 374 g/mol. The molecule has 0 aromatic heterocycles. The van der Waals surface area contributed by atoms with Crippen molar-refractivity contribution >= 4 is 29.4 Å². The number of amides is 1. The molecular formula is C21H29N3O5. The molecule has 1 amide bonds. The molecule has 0 fully saturated rings. The molecule has 1 heterocycles. The number of ether oxygens (including phenoxy) is 2. The fraction of sp³-hybridized carbons (Fsp3) is 0.524. The van der Waals surface area contributed by atoms with Gasteiger partial charge in [-0.25, -0.2) is 14.6 Å². The summed E-state index contributed by atoms with van der Waals surface area (Å²) < 4.78 is 10.2. The van der Waals surface area contributed by atoms with Crippen LogP contribution in [0.15, 0.2) is 29.3 Å². The van der Waals surface area contributed by atoms with E-state index in [2.05, 4.69) is 23.7 Å². The number of benzene rings is 1. The molecule has 1 aromatic carbocycles. The van der Waals surface area contributed by atoms with Crippen LogP contribution < -0.4 is 4.90 Å². The van der Waals surface area contributed by atoms with E-state index in [1.54, 1.807) is 38.2 Å². The minimum absolute atomic E-state index is 0.00439. The monoisotopic (exact) mass is 403 g/mol. The fourth-order valence-corrected chi connectivity index (χ4v) is 2.94. The summed E-state index contributed by atoms with van der Waals surface area (Å²) in [6.07, 6.45) is -0.00782. The van der Waals surface area contributed by atoms with Crippen molar-refractivity contribution in [3.63, 3.8) is 0 Å². The largest absolute Gasteiger partial charge is 0.449 e. The van der Waals surface area contributed by atoms with E-state index in [0.717, 1.165) is 13.1 Å². The maximum absolute atomic E-state index is 12.2. The fourth-order valence-electron chi connectivity index (χ4n) is 2.94. The van der Waals surface area contributed by atoms with Crippen molar-refractivity contribution < 1.29 is 23.9 Å². The topological polar surface area (TPSA) is 88.5 Å². The number of anilines is 1. The Labute approximate surface area is 171 Å². The highest BCUT2D eigenvalue weighted by Gasteiger charge is 2.31. The summed E-state index contributed by atoms with van der Waals surface area (Å²) >= 11 is 0. The van der Waals surface area contributed by atoms with Crippen LogP contribution in [0.4, 0.5) is 10.5 Å². The van der Waals surface area contributed by atoms with Crippen molar-refractivity contribution in [1.29, 1.82) is 0 Å². The van der Waals surface area contributed by atoms with Crippen LogP contribution >= 0.6 is 0 Å². The van der Waals surface area contributed by atoms with Gasteiger partial charge in [-0.3, -0.25) is 9.69 Å². The summed E-state index contributed by atoms with van der Waals surface area (Å²) in [6.45, 7) is 8.59. The minimum Gasteiger partial charge on any atom is -0.449 e. The van der Waals surface area contributed by atoms with Gasteiger partial charge in [0.1, 0.15) is 5.78 Å².